The fraction of sp³-hybridized carbons (Fsp3) is 0.500. The molecular formula is C16H22N2OS. The number of rotatable bonds is 4. The standard InChI is InChI=1S/C16H22N2OS/c1-18(12-13-8-4-2-5-9-13)15(19)16(14(17)20)10-6-3-7-11-16/h2,4-5,8-9H,3,6-7,10-12H2,1H3,(H2,17,20). The van der Waals surface area contributed by atoms with Crippen molar-refractivity contribution in [2.75, 3.05) is 7.05 Å². The van der Waals surface area contributed by atoms with Crippen LogP contribution in [0.2, 0.25) is 0 Å². The number of hydrogen-bond acceptors (Lipinski definition) is 2. The summed E-state index contributed by atoms with van der Waals surface area (Å²) in [4.78, 5) is 15.0. The predicted molar refractivity (Wildman–Crippen MR) is 85.2 cm³/mol. The molecule has 2 rings (SSSR count). The number of hydrogen-bond donors (Lipinski definition) is 1. The molecule has 1 saturated carbocycles. The molecule has 0 aromatic heterocycles. The first-order valence-electron chi connectivity index (χ1n) is 7.16. The van der Waals surface area contributed by atoms with Gasteiger partial charge in [0.2, 0.25) is 5.91 Å². The second-order valence-corrected chi connectivity index (χ2v) is 6.09. The molecule has 0 spiro atoms. The Balaban J connectivity index is 2.13. The van der Waals surface area contributed by atoms with Gasteiger partial charge in [0.15, 0.2) is 0 Å². The number of carbonyl (C=O) groups excluding carboxylic acids is 1. The van der Waals surface area contributed by atoms with E-state index in [4.69, 9.17) is 18.0 Å². The van der Waals surface area contributed by atoms with Crippen LogP contribution >= 0.6 is 12.2 Å². The number of nitrogens with two attached hydrogens (primary N) is 1. The van der Waals surface area contributed by atoms with Gasteiger partial charge in [0, 0.05) is 13.6 Å². The summed E-state index contributed by atoms with van der Waals surface area (Å²) in [6, 6.07) is 9.99. The SMILES string of the molecule is CN(Cc1ccccc1)C(=O)C1(C(N)=S)CCCCC1. The third kappa shape index (κ3) is 3.01. The Bertz CT molecular complexity index is 481. The van der Waals surface area contributed by atoms with Crippen molar-refractivity contribution in [2.24, 2.45) is 11.1 Å². The van der Waals surface area contributed by atoms with Gasteiger partial charge in [-0.25, -0.2) is 0 Å². The molecule has 0 unspecified atom stereocenters. The lowest BCUT2D eigenvalue weighted by molar-refractivity contribution is -0.138. The first-order chi connectivity index (χ1) is 9.56. The Morgan fingerprint density at radius 3 is 2.40 bits per heavy atom. The molecular weight excluding hydrogens is 268 g/mol. The fourth-order valence-electron chi connectivity index (χ4n) is 3.02. The molecule has 3 nitrogen and oxygen atoms in total. The van der Waals surface area contributed by atoms with E-state index in [0.717, 1.165) is 31.2 Å². The molecule has 1 aliphatic carbocycles. The molecule has 0 saturated heterocycles. The average molecular weight is 290 g/mol. The molecule has 1 aromatic rings. The van der Waals surface area contributed by atoms with E-state index in [-0.39, 0.29) is 5.91 Å². The van der Waals surface area contributed by atoms with Crippen molar-refractivity contribution in [2.45, 2.75) is 38.6 Å². The van der Waals surface area contributed by atoms with Crippen LogP contribution in [0.25, 0.3) is 0 Å². The summed E-state index contributed by atoms with van der Waals surface area (Å²) in [5.74, 6) is 0.0774. The van der Waals surface area contributed by atoms with Gasteiger partial charge in [-0.05, 0) is 18.4 Å². The highest BCUT2D eigenvalue weighted by Crippen LogP contribution is 2.38. The van der Waals surface area contributed by atoms with Crippen LogP contribution in [-0.4, -0.2) is 22.8 Å². The second-order valence-electron chi connectivity index (χ2n) is 5.65. The van der Waals surface area contributed by atoms with Gasteiger partial charge in [0.25, 0.3) is 0 Å². The van der Waals surface area contributed by atoms with E-state index >= 15 is 0 Å². The minimum atomic E-state index is -0.614. The summed E-state index contributed by atoms with van der Waals surface area (Å²) in [7, 11) is 1.84. The maximum Gasteiger partial charge on any atom is 0.235 e. The number of benzene rings is 1. The van der Waals surface area contributed by atoms with Crippen LogP contribution in [0.1, 0.15) is 37.7 Å². The fourth-order valence-corrected chi connectivity index (χ4v) is 3.31. The first kappa shape index (κ1) is 15.0. The zero-order valence-corrected chi connectivity index (χ0v) is 12.8. The Hall–Kier alpha value is -1.42. The quantitative estimate of drug-likeness (QED) is 0.867. The molecule has 0 aliphatic heterocycles. The highest BCUT2D eigenvalue weighted by molar-refractivity contribution is 7.80. The van der Waals surface area contributed by atoms with E-state index < -0.39 is 5.41 Å². The van der Waals surface area contributed by atoms with Crippen molar-refractivity contribution in [3.05, 3.63) is 35.9 Å². The summed E-state index contributed by atoms with van der Waals surface area (Å²) < 4.78 is 0. The first-order valence-corrected chi connectivity index (χ1v) is 7.56. The molecule has 0 bridgehead atoms. The number of thiocarbonyl (C=S) groups is 1. The molecule has 1 aromatic carbocycles. The Morgan fingerprint density at radius 2 is 1.85 bits per heavy atom. The third-order valence-corrected chi connectivity index (χ3v) is 4.59. The van der Waals surface area contributed by atoms with Crippen molar-refractivity contribution in [3.63, 3.8) is 0 Å². The Morgan fingerprint density at radius 1 is 1.25 bits per heavy atom. The molecule has 1 amide bonds. The lowest BCUT2D eigenvalue weighted by atomic mass is 9.73. The van der Waals surface area contributed by atoms with Gasteiger partial charge in [-0.1, -0.05) is 61.8 Å². The molecule has 0 radical (unpaired) electrons. The maximum atomic E-state index is 12.8. The van der Waals surface area contributed by atoms with E-state index in [1.807, 2.05) is 37.4 Å². The molecule has 1 fully saturated rings. The van der Waals surface area contributed by atoms with Crippen LogP contribution in [0.4, 0.5) is 0 Å². The van der Waals surface area contributed by atoms with Gasteiger partial charge >= 0.3 is 0 Å². The maximum absolute atomic E-state index is 12.8. The molecule has 0 atom stereocenters. The summed E-state index contributed by atoms with van der Waals surface area (Å²) in [5.41, 5.74) is 6.43. The molecule has 0 heterocycles. The van der Waals surface area contributed by atoms with E-state index in [2.05, 4.69) is 0 Å². The summed E-state index contributed by atoms with van der Waals surface area (Å²) in [5, 5.41) is 0. The van der Waals surface area contributed by atoms with Crippen LogP contribution < -0.4 is 5.73 Å². The van der Waals surface area contributed by atoms with Crippen LogP contribution in [0.5, 0.6) is 0 Å². The lowest BCUT2D eigenvalue weighted by Gasteiger charge is -2.37. The van der Waals surface area contributed by atoms with E-state index in [0.29, 0.717) is 11.5 Å². The van der Waals surface area contributed by atoms with Crippen molar-refractivity contribution < 1.29 is 4.79 Å². The molecule has 2 N–H and O–H groups in total. The van der Waals surface area contributed by atoms with Gasteiger partial charge in [-0.2, -0.15) is 0 Å². The monoisotopic (exact) mass is 290 g/mol. The summed E-state index contributed by atoms with van der Waals surface area (Å²) >= 11 is 5.22. The van der Waals surface area contributed by atoms with Gasteiger partial charge in [-0.3, -0.25) is 4.79 Å². The number of nitrogens with zero attached hydrogens (tertiary/aromatic N) is 1. The highest BCUT2D eigenvalue weighted by Gasteiger charge is 2.43. The Kier molecular flexibility index (Phi) is 4.76. The van der Waals surface area contributed by atoms with Gasteiger partial charge in [0.1, 0.15) is 0 Å². The zero-order valence-electron chi connectivity index (χ0n) is 12.0. The van der Waals surface area contributed by atoms with E-state index in [9.17, 15) is 4.79 Å². The topological polar surface area (TPSA) is 46.3 Å². The average Bonchev–Trinajstić information content (AvgIpc) is 2.48. The Labute approximate surface area is 126 Å². The van der Waals surface area contributed by atoms with Crippen molar-refractivity contribution in [3.8, 4) is 0 Å². The van der Waals surface area contributed by atoms with Crippen molar-refractivity contribution in [1.29, 1.82) is 0 Å². The minimum Gasteiger partial charge on any atom is -0.392 e. The molecule has 4 heteroatoms. The smallest absolute Gasteiger partial charge is 0.235 e. The second kappa shape index (κ2) is 6.35. The van der Waals surface area contributed by atoms with Crippen molar-refractivity contribution >= 4 is 23.1 Å². The largest absolute Gasteiger partial charge is 0.392 e. The predicted octanol–water partition coefficient (Wildman–Crippen LogP) is 2.88. The van der Waals surface area contributed by atoms with Gasteiger partial charge in [-0.15, -0.1) is 0 Å². The van der Waals surface area contributed by atoms with Crippen LogP contribution in [-0.2, 0) is 11.3 Å². The van der Waals surface area contributed by atoms with Crippen molar-refractivity contribution in [1.82, 2.24) is 4.90 Å². The van der Waals surface area contributed by atoms with Gasteiger partial charge < -0.3 is 10.6 Å². The molecule has 1 aliphatic rings. The van der Waals surface area contributed by atoms with Crippen LogP contribution in [0.3, 0.4) is 0 Å². The zero-order chi connectivity index (χ0) is 14.6. The lowest BCUT2D eigenvalue weighted by Crippen LogP contribution is -2.50. The van der Waals surface area contributed by atoms with Crippen LogP contribution in [0.15, 0.2) is 30.3 Å². The third-order valence-electron chi connectivity index (χ3n) is 4.20. The summed E-state index contributed by atoms with van der Waals surface area (Å²) in [6.07, 6.45) is 4.81. The number of amides is 1. The van der Waals surface area contributed by atoms with Crippen LogP contribution in [0, 0.1) is 5.41 Å². The van der Waals surface area contributed by atoms with E-state index in [1.54, 1.807) is 4.90 Å². The molecule has 20 heavy (non-hydrogen) atoms. The normalized spacial score (nSPS) is 17.4. The van der Waals surface area contributed by atoms with Gasteiger partial charge in [0.05, 0.1) is 10.4 Å². The number of carbonyl (C=O) groups is 1. The molecule has 108 valence electrons. The highest BCUT2D eigenvalue weighted by atomic mass is 32.1. The minimum absolute atomic E-state index is 0.0774. The van der Waals surface area contributed by atoms with E-state index in [1.165, 1.54) is 6.42 Å². The summed E-state index contributed by atoms with van der Waals surface area (Å²) in [6.45, 7) is 0.601.